The third-order valence-corrected chi connectivity index (χ3v) is 3.42. The van der Waals surface area contributed by atoms with Crippen molar-refractivity contribution in [2.75, 3.05) is 5.73 Å². The van der Waals surface area contributed by atoms with Crippen molar-refractivity contribution in [1.29, 1.82) is 0 Å². The summed E-state index contributed by atoms with van der Waals surface area (Å²) in [7, 11) is 0. The molecule has 1 aliphatic rings. The van der Waals surface area contributed by atoms with E-state index < -0.39 is 12.1 Å². The van der Waals surface area contributed by atoms with Gasteiger partial charge in [0.05, 0.1) is 16.3 Å². The van der Waals surface area contributed by atoms with Crippen LogP contribution in [0.3, 0.4) is 0 Å². The average molecular weight is 317 g/mol. The molecule has 1 fully saturated rings. The standard InChI is InChI=1S/C13H14Cl2N2O3/c1-6(12(18)17-8-2-3-8)20-13(19)9-4-7(14)5-10(15)11(9)16/h4-6,8H,2-3,16H2,1H3,(H,17,18)/t6-/m0/s1. The highest BCUT2D eigenvalue weighted by Crippen LogP contribution is 2.28. The third kappa shape index (κ3) is 3.55. The van der Waals surface area contributed by atoms with E-state index in [1.165, 1.54) is 19.1 Å². The Morgan fingerprint density at radius 2 is 2.05 bits per heavy atom. The average Bonchev–Trinajstić information content (AvgIpc) is 3.17. The molecule has 0 radical (unpaired) electrons. The molecular formula is C13H14Cl2N2O3. The molecule has 20 heavy (non-hydrogen) atoms. The summed E-state index contributed by atoms with van der Waals surface area (Å²) in [6.07, 6.45) is 1.02. The van der Waals surface area contributed by atoms with Crippen LogP contribution in [0.1, 0.15) is 30.1 Å². The number of benzene rings is 1. The normalized spacial score (nSPS) is 15.6. The Hall–Kier alpha value is -1.46. The largest absolute Gasteiger partial charge is 0.449 e. The monoisotopic (exact) mass is 316 g/mol. The van der Waals surface area contributed by atoms with E-state index in [4.69, 9.17) is 33.7 Å². The minimum Gasteiger partial charge on any atom is -0.449 e. The molecule has 0 aliphatic heterocycles. The number of carbonyl (C=O) groups excluding carboxylic acids is 2. The zero-order valence-electron chi connectivity index (χ0n) is 10.8. The van der Waals surface area contributed by atoms with Crippen molar-refractivity contribution in [3.05, 3.63) is 27.7 Å². The summed E-state index contributed by atoms with van der Waals surface area (Å²) in [6.45, 7) is 1.50. The Morgan fingerprint density at radius 1 is 1.40 bits per heavy atom. The van der Waals surface area contributed by atoms with Crippen LogP contribution in [0.25, 0.3) is 0 Å². The van der Waals surface area contributed by atoms with E-state index in [-0.39, 0.29) is 33.2 Å². The molecule has 0 unspecified atom stereocenters. The third-order valence-electron chi connectivity index (χ3n) is 2.89. The molecule has 7 heteroatoms. The van der Waals surface area contributed by atoms with Crippen LogP contribution < -0.4 is 11.1 Å². The fraction of sp³-hybridized carbons (Fsp3) is 0.385. The SMILES string of the molecule is C[C@H](OC(=O)c1cc(Cl)cc(Cl)c1N)C(=O)NC1CC1. The second-order valence-electron chi connectivity index (χ2n) is 4.68. The Bertz CT molecular complexity index is 559. The maximum atomic E-state index is 12.0. The number of hydrogen-bond donors (Lipinski definition) is 2. The Morgan fingerprint density at radius 3 is 2.65 bits per heavy atom. The number of hydrogen-bond acceptors (Lipinski definition) is 4. The highest BCUT2D eigenvalue weighted by atomic mass is 35.5. The van der Waals surface area contributed by atoms with Crippen LogP contribution in [0.2, 0.25) is 10.0 Å². The van der Waals surface area contributed by atoms with Crippen molar-refractivity contribution in [1.82, 2.24) is 5.32 Å². The first-order chi connectivity index (χ1) is 9.38. The van der Waals surface area contributed by atoms with Crippen molar-refractivity contribution in [2.45, 2.75) is 31.9 Å². The van der Waals surface area contributed by atoms with Crippen molar-refractivity contribution in [2.24, 2.45) is 0 Å². The lowest BCUT2D eigenvalue weighted by Crippen LogP contribution is -2.37. The molecule has 1 amide bonds. The van der Waals surface area contributed by atoms with E-state index in [0.717, 1.165) is 12.8 Å². The van der Waals surface area contributed by atoms with Gasteiger partial charge in [-0.05, 0) is 31.9 Å². The number of ether oxygens (including phenoxy) is 1. The smallest absolute Gasteiger partial charge is 0.341 e. The first kappa shape index (κ1) is 14.9. The van der Waals surface area contributed by atoms with Gasteiger partial charge in [0.2, 0.25) is 0 Å². The molecule has 5 nitrogen and oxygen atoms in total. The molecular weight excluding hydrogens is 303 g/mol. The fourth-order valence-corrected chi connectivity index (χ4v) is 2.07. The van der Waals surface area contributed by atoms with Crippen molar-refractivity contribution in [3.63, 3.8) is 0 Å². The number of carbonyl (C=O) groups is 2. The molecule has 0 aromatic heterocycles. The van der Waals surface area contributed by atoms with Gasteiger partial charge in [-0.15, -0.1) is 0 Å². The Balaban J connectivity index is 2.05. The number of nitrogens with two attached hydrogens (primary N) is 1. The maximum absolute atomic E-state index is 12.0. The van der Waals surface area contributed by atoms with Gasteiger partial charge < -0.3 is 15.8 Å². The molecule has 1 aromatic carbocycles. The quantitative estimate of drug-likeness (QED) is 0.660. The van der Waals surface area contributed by atoms with Gasteiger partial charge in [0, 0.05) is 11.1 Å². The molecule has 1 saturated carbocycles. The molecule has 1 atom stereocenters. The summed E-state index contributed by atoms with van der Waals surface area (Å²) >= 11 is 11.7. The number of anilines is 1. The molecule has 2 rings (SSSR count). The maximum Gasteiger partial charge on any atom is 0.341 e. The zero-order valence-corrected chi connectivity index (χ0v) is 12.3. The summed E-state index contributed by atoms with van der Waals surface area (Å²) in [5.41, 5.74) is 5.83. The van der Waals surface area contributed by atoms with E-state index in [2.05, 4.69) is 5.32 Å². The van der Waals surface area contributed by atoms with Gasteiger partial charge in [0.25, 0.3) is 5.91 Å². The van der Waals surface area contributed by atoms with Gasteiger partial charge in [0.1, 0.15) is 0 Å². The van der Waals surface area contributed by atoms with Crippen LogP contribution in [0.15, 0.2) is 12.1 Å². The van der Waals surface area contributed by atoms with E-state index in [1.807, 2.05) is 0 Å². The van der Waals surface area contributed by atoms with Crippen LogP contribution in [0, 0.1) is 0 Å². The van der Waals surface area contributed by atoms with E-state index >= 15 is 0 Å². The lowest BCUT2D eigenvalue weighted by atomic mass is 10.2. The number of nitrogens with one attached hydrogen (secondary N) is 1. The predicted molar refractivity (Wildman–Crippen MR) is 76.9 cm³/mol. The van der Waals surface area contributed by atoms with Crippen molar-refractivity contribution in [3.8, 4) is 0 Å². The number of halogens is 2. The first-order valence-corrected chi connectivity index (χ1v) is 6.90. The molecule has 0 saturated heterocycles. The minimum absolute atomic E-state index is 0.0496. The molecule has 0 spiro atoms. The second-order valence-corrected chi connectivity index (χ2v) is 5.52. The van der Waals surface area contributed by atoms with Gasteiger partial charge in [-0.2, -0.15) is 0 Å². The summed E-state index contributed by atoms with van der Waals surface area (Å²) in [6, 6.07) is 2.99. The number of esters is 1. The van der Waals surface area contributed by atoms with Crippen LogP contribution in [0.4, 0.5) is 5.69 Å². The highest BCUT2D eigenvalue weighted by molar-refractivity contribution is 6.37. The number of amides is 1. The fourth-order valence-electron chi connectivity index (χ4n) is 1.58. The molecule has 1 aromatic rings. The predicted octanol–water partition coefficient (Wildman–Crippen LogP) is 2.40. The van der Waals surface area contributed by atoms with Gasteiger partial charge in [-0.25, -0.2) is 4.79 Å². The minimum atomic E-state index is -0.903. The van der Waals surface area contributed by atoms with Crippen molar-refractivity contribution < 1.29 is 14.3 Å². The Labute approximate surface area is 126 Å². The second kappa shape index (κ2) is 5.89. The van der Waals surface area contributed by atoms with Gasteiger partial charge >= 0.3 is 5.97 Å². The first-order valence-electron chi connectivity index (χ1n) is 6.14. The van der Waals surface area contributed by atoms with Gasteiger partial charge in [-0.1, -0.05) is 23.2 Å². The summed E-state index contributed by atoms with van der Waals surface area (Å²) in [5.74, 6) is -1.06. The van der Waals surface area contributed by atoms with Crippen LogP contribution in [0.5, 0.6) is 0 Å². The van der Waals surface area contributed by atoms with Crippen LogP contribution in [-0.2, 0) is 9.53 Å². The van der Waals surface area contributed by atoms with Crippen LogP contribution >= 0.6 is 23.2 Å². The van der Waals surface area contributed by atoms with Gasteiger partial charge in [0.15, 0.2) is 6.10 Å². The van der Waals surface area contributed by atoms with E-state index in [9.17, 15) is 9.59 Å². The molecule has 108 valence electrons. The molecule has 3 N–H and O–H groups in total. The van der Waals surface area contributed by atoms with E-state index in [0.29, 0.717) is 0 Å². The topological polar surface area (TPSA) is 81.4 Å². The van der Waals surface area contributed by atoms with E-state index in [1.54, 1.807) is 0 Å². The lowest BCUT2D eigenvalue weighted by molar-refractivity contribution is -0.129. The number of nitrogen functional groups attached to an aromatic ring is 1. The summed E-state index contributed by atoms with van der Waals surface area (Å²) in [5, 5.41) is 3.18. The highest BCUT2D eigenvalue weighted by Gasteiger charge is 2.28. The zero-order chi connectivity index (χ0) is 14.9. The van der Waals surface area contributed by atoms with Gasteiger partial charge in [-0.3, -0.25) is 4.79 Å². The molecule has 0 bridgehead atoms. The van der Waals surface area contributed by atoms with Crippen molar-refractivity contribution >= 4 is 40.8 Å². The number of rotatable bonds is 4. The molecule has 0 heterocycles. The summed E-state index contributed by atoms with van der Waals surface area (Å²) in [4.78, 5) is 23.7. The van der Waals surface area contributed by atoms with Crippen LogP contribution in [-0.4, -0.2) is 24.0 Å². The lowest BCUT2D eigenvalue weighted by Gasteiger charge is -2.14. The Kier molecular flexibility index (Phi) is 4.40. The summed E-state index contributed by atoms with van der Waals surface area (Å²) < 4.78 is 5.07. The molecule has 1 aliphatic carbocycles.